The van der Waals surface area contributed by atoms with Crippen molar-refractivity contribution in [2.24, 2.45) is 5.41 Å². The Morgan fingerprint density at radius 3 is 1.54 bits per heavy atom. The number of piperidine rings is 1. The molecule has 386 valence electrons. The summed E-state index contributed by atoms with van der Waals surface area (Å²) in [6, 6.07) is 28.7. The molecular formula is C54H58F2N10O6S2. The molecule has 0 spiro atoms. The number of nitriles is 2. The number of halogens is 2. The van der Waals surface area contributed by atoms with Crippen LogP contribution in [0.1, 0.15) is 105 Å². The Balaban J connectivity index is 0.829. The van der Waals surface area contributed by atoms with Crippen LogP contribution in [-0.4, -0.2) is 75.0 Å². The van der Waals surface area contributed by atoms with Crippen LogP contribution in [0.2, 0.25) is 0 Å². The molecule has 0 aliphatic carbocycles. The van der Waals surface area contributed by atoms with Crippen molar-refractivity contribution < 1.29 is 35.1 Å². The number of hydrogen-bond donors (Lipinski definition) is 2. The maximum absolute atomic E-state index is 16.1. The lowest BCUT2D eigenvalue weighted by atomic mass is 9.76. The van der Waals surface area contributed by atoms with E-state index in [0.717, 1.165) is 49.7 Å². The molecule has 2 saturated heterocycles. The van der Waals surface area contributed by atoms with Gasteiger partial charge in [0.1, 0.15) is 48.5 Å². The Bertz CT molecular complexity index is 3350. The van der Waals surface area contributed by atoms with E-state index in [9.17, 15) is 27.4 Å². The molecule has 0 unspecified atom stereocenters. The first-order valence-electron chi connectivity index (χ1n) is 24.1. The lowest BCUT2D eigenvalue weighted by molar-refractivity contribution is 0.233. The first-order valence-corrected chi connectivity index (χ1v) is 27.7. The molecule has 0 radical (unpaired) electrons. The Morgan fingerprint density at radius 2 is 1.09 bits per heavy atom. The quantitative estimate of drug-likeness (QED) is 0.0774. The second-order valence-corrected chi connectivity index (χ2v) is 23.9. The molecule has 2 N–H and O–H groups in total. The van der Waals surface area contributed by atoms with Crippen molar-refractivity contribution in [3.63, 3.8) is 0 Å². The molecule has 2 fully saturated rings. The van der Waals surface area contributed by atoms with Gasteiger partial charge in [0.15, 0.2) is 0 Å². The number of aromatic nitrogens is 4. The topological polar surface area (TPSA) is 216 Å². The molecule has 4 aromatic carbocycles. The van der Waals surface area contributed by atoms with E-state index in [4.69, 9.17) is 9.47 Å². The van der Waals surface area contributed by atoms with Gasteiger partial charge in [-0.15, -0.1) is 0 Å². The lowest BCUT2D eigenvalue weighted by Crippen LogP contribution is -2.56. The molecule has 6 aromatic rings. The monoisotopic (exact) mass is 1040 g/mol. The molecule has 2 aliphatic heterocycles. The highest BCUT2D eigenvalue weighted by Crippen LogP contribution is 2.43. The van der Waals surface area contributed by atoms with Crippen molar-refractivity contribution in [1.29, 1.82) is 10.5 Å². The predicted octanol–water partition coefficient (Wildman–Crippen LogP) is 9.12. The third-order valence-electron chi connectivity index (χ3n) is 13.8. The summed E-state index contributed by atoms with van der Waals surface area (Å²) in [5, 5.41) is 20.2. The highest BCUT2D eigenvalue weighted by atomic mass is 32.2. The Morgan fingerprint density at radius 1 is 0.649 bits per heavy atom. The third-order valence-corrected chi connectivity index (χ3v) is 15.6. The number of benzene rings is 4. The first-order chi connectivity index (χ1) is 35.0. The van der Waals surface area contributed by atoms with Crippen LogP contribution < -0.4 is 28.7 Å². The van der Waals surface area contributed by atoms with Gasteiger partial charge in [-0.1, -0.05) is 58.9 Å². The van der Waals surface area contributed by atoms with Gasteiger partial charge >= 0.3 is 0 Å². The predicted molar refractivity (Wildman–Crippen MR) is 279 cm³/mol. The summed E-state index contributed by atoms with van der Waals surface area (Å²) >= 11 is 0. The van der Waals surface area contributed by atoms with Crippen LogP contribution >= 0.6 is 0 Å². The number of nitrogens with zero attached hydrogens (tertiary/aromatic N) is 8. The van der Waals surface area contributed by atoms with Gasteiger partial charge in [-0.05, 0) is 109 Å². The lowest BCUT2D eigenvalue weighted by Gasteiger charge is -2.50. The number of anilines is 4. The number of sulfonamides is 2. The molecule has 4 heterocycles. The molecule has 16 nitrogen and oxygen atoms in total. The van der Waals surface area contributed by atoms with E-state index in [1.54, 1.807) is 53.4 Å². The van der Waals surface area contributed by atoms with Crippen molar-refractivity contribution in [2.75, 3.05) is 57.4 Å². The molecule has 0 amide bonds. The van der Waals surface area contributed by atoms with Crippen molar-refractivity contribution in [2.45, 2.75) is 84.3 Å². The van der Waals surface area contributed by atoms with Gasteiger partial charge in [-0.3, -0.25) is 9.44 Å². The third kappa shape index (κ3) is 12.3. The second kappa shape index (κ2) is 21.2. The zero-order valence-electron chi connectivity index (χ0n) is 42.1. The summed E-state index contributed by atoms with van der Waals surface area (Å²) < 4.78 is 98.1. The van der Waals surface area contributed by atoms with Gasteiger partial charge in [0.2, 0.25) is 31.9 Å². The summed E-state index contributed by atoms with van der Waals surface area (Å²) in [5.74, 6) is -0.302. The highest BCUT2D eigenvalue weighted by molar-refractivity contribution is 7.92. The maximum Gasteiger partial charge on any atom is 0.236 e. The largest absolute Gasteiger partial charge is 0.487 e. The second-order valence-electron chi connectivity index (χ2n) is 20.3. The number of hydrogen-bond acceptors (Lipinski definition) is 14. The van der Waals surface area contributed by atoms with Crippen molar-refractivity contribution in [1.82, 2.24) is 19.9 Å². The molecule has 0 atom stereocenters. The summed E-state index contributed by atoms with van der Waals surface area (Å²) in [7, 11) is -7.45. The average molecular weight is 1050 g/mol. The zero-order valence-corrected chi connectivity index (χ0v) is 43.7. The summed E-state index contributed by atoms with van der Waals surface area (Å²) in [4.78, 5) is 20.3. The van der Waals surface area contributed by atoms with Crippen LogP contribution in [0.4, 0.5) is 32.1 Å². The van der Waals surface area contributed by atoms with Crippen molar-refractivity contribution in [3.8, 4) is 23.6 Å². The minimum atomic E-state index is -3.90. The molecule has 0 saturated carbocycles. The van der Waals surface area contributed by atoms with Gasteiger partial charge in [-0.2, -0.15) is 10.5 Å². The molecule has 2 aromatic heterocycles. The van der Waals surface area contributed by atoms with E-state index in [1.165, 1.54) is 24.5 Å². The van der Waals surface area contributed by atoms with E-state index in [-0.39, 0.29) is 48.5 Å². The first kappa shape index (κ1) is 52.9. The normalized spacial score (nSPS) is 14.8. The fourth-order valence-corrected chi connectivity index (χ4v) is 11.1. The highest BCUT2D eigenvalue weighted by Gasteiger charge is 2.42. The van der Waals surface area contributed by atoms with E-state index in [0.29, 0.717) is 58.4 Å². The Kier molecular flexibility index (Phi) is 15.2. The Hall–Kier alpha value is -7.42. The number of ether oxygens (including phenoxy) is 2. The SMILES string of the molecule is CC1(CCS(=O)(=O)Nc2nccc(COc3ccc(C(C)(C)c4cc(F)c(N5CCCCC5)c(C#N)c4)cc3)n2)CN(c2c(F)cc(C(C)(C)c3ccc(OCc4ccnc(NS(C)(=O)=O)n4)cc3)cc2C#N)C1. The van der Waals surface area contributed by atoms with Crippen LogP contribution in [0, 0.1) is 39.7 Å². The fourth-order valence-electron chi connectivity index (χ4n) is 9.41. The number of nitrogens with one attached hydrogen (secondary N) is 2. The maximum atomic E-state index is 16.1. The Labute approximate surface area is 431 Å². The van der Waals surface area contributed by atoms with Gasteiger partial charge in [-0.25, -0.2) is 45.6 Å². The molecule has 20 heteroatoms. The van der Waals surface area contributed by atoms with Gasteiger partial charge in [0.25, 0.3) is 0 Å². The molecular weight excluding hydrogens is 987 g/mol. The average Bonchev–Trinajstić information content (AvgIpc) is 3.35. The summed E-state index contributed by atoms with van der Waals surface area (Å²) in [5.41, 5.74) is 3.10. The van der Waals surface area contributed by atoms with E-state index < -0.39 is 47.9 Å². The van der Waals surface area contributed by atoms with Crippen LogP contribution in [0.5, 0.6) is 11.5 Å². The van der Waals surface area contributed by atoms with E-state index in [2.05, 4.69) is 41.5 Å². The smallest absolute Gasteiger partial charge is 0.236 e. The van der Waals surface area contributed by atoms with Crippen molar-refractivity contribution >= 4 is 43.3 Å². The van der Waals surface area contributed by atoms with Crippen LogP contribution in [-0.2, 0) is 44.1 Å². The summed E-state index contributed by atoms with van der Waals surface area (Å²) in [6.45, 7) is 11.9. The molecule has 0 bridgehead atoms. The molecule has 74 heavy (non-hydrogen) atoms. The van der Waals surface area contributed by atoms with Crippen LogP contribution in [0.25, 0.3) is 0 Å². The van der Waals surface area contributed by atoms with E-state index >= 15 is 8.78 Å². The van der Waals surface area contributed by atoms with Crippen molar-refractivity contribution in [3.05, 3.63) is 154 Å². The van der Waals surface area contributed by atoms with Gasteiger partial charge in [0.05, 0.1) is 45.9 Å². The zero-order chi connectivity index (χ0) is 53.1. The van der Waals surface area contributed by atoms with Gasteiger partial charge in [0, 0.05) is 54.8 Å². The van der Waals surface area contributed by atoms with E-state index in [1.807, 2.05) is 63.8 Å². The number of rotatable bonds is 19. The van der Waals surface area contributed by atoms with Crippen LogP contribution in [0.3, 0.4) is 0 Å². The molecule has 8 rings (SSSR count). The van der Waals surface area contributed by atoms with Gasteiger partial charge < -0.3 is 19.3 Å². The van der Waals surface area contributed by atoms with Crippen LogP contribution in [0.15, 0.2) is 97.3 Å². The fraction of sp³-hybridized carbons (Fsp3) is 0.370. The summed E-state index contributed by atoms with van der Waals surface area (Å²) in [6.07, 6.45) is 7.16. The minimum absolute atomic E-state index is 0.0240. The molecule has 2 aliphatic rings. The minimum Gasteiger partial charge on any atom is -0.487 e. The standard InChI is InChI=1S/C54H58F2N10O6S2/c1-52(2,40-26-36(30-57)48(46(55)28-40)65-23-8-7-9-24-65)38-10-16-45(17-11-38)72-33-43-19-22-60-51(62-43)64-74(69,70)25-20-54(5)34-66(35-54)49-37(31-58)27-41(29-47(49)56)53(3,4)39-12-14-44(15-13-39)71-32-42-18-21-59-50(61-42)63-73(6,67)68/h10-19,21-22,26-29H,7-9,20,23-25,32-35H2,1-6H3,(H,59,61,63)(H,60,62,64).